The molecule has 0 aliphatic carbocycles. The third-order valence-electron chi connectivity index (χ3n) is 4.51. The molecule has 25 heavy (non-hydrogen) atoms. The molecule has 6 nitrogen and oxygen atoms in total. The van der Waals surface area contributed by atoms with Crippen molar-refractivity contribution in [1.29, 1.82) is 0 Å². The van der Waals surface area contributed by atoms with Crippen molar-refractivity contribution >= 4 is 17.4 Å². The van der Waals surface area contributed by atoms with Crippen LogP contribution < -0.4 is 10.1 Å². The van der Waals surface area contributed by atoms with Gasteiger partial charge in [0.2, 0.25) is 5.91 Å². The van der Waals surface area contributed by atoms with Crippen LogP contribution in [-0.2, 0) is 4.79 Å². The highest BCUT2D eigenvalue weighted by molar-refractivity contribution is 5.96. The SMILES string of the molecule is COc1ccc(C2CC(=O)Nc3nn4c(C)cc(C)nc4c32)c(F)c1. The molecule has 0 radical (unpaired) electrons. The molecule has 7 heteroatoms. The summed E-state index contributed by atoms with van der Waals surface area (Å²) >= 11 is 0. The second-order valence-electron chi connectivity index (χ2n) is 6.23. The molecule has 1 atom stereocenters. The van der Waals surface area contributed by atoms with Crippen LogP contribution in [-0.4, -0.2) is 27.6 Å². The molecule has 2 aromatic heterocycles. The Morgan fingerprint density at radius 2 is 2.12 bits per heavy atom. The zero-order valence-electron chi connectivity index (χ0n) is 14.1. The third kappa shape index (κ3) is 2.43. The molecular formula is C18H17FN4O2. The van der Waals surface area contributed by atoms with Crippen molar-refractivity contribution in [3.05, 3.63) is 52.6 Å². The van der Waals surface area contributed by atoms with Crippen molar-refractivity contribution in [1.82, 2.24) is 14.6 Å². The van der Waals surface area contributed by atoms with E-state index in [-0.39, 0.29) is 12.3 Å². The van der Waals surface area contributed by atoms with E-state index >= 15 is 0 Å². The average molecular weight is 340 g/mol. The maximum Gasteiger partial charge on any atom is 0.226 e. The van der Waals surface area contributed by atoms with E-state index in [0.717, 1.165) is 17.0 Å². The van der Waals surface area contributed by atoms with Crippen LogP contribution in [0.1, 0.15) is 34.9 Å². The van der Waals surface area contributed by atoms with Crippen molar-refractivity contribution in [2.24, 2.45) is 0 Å². The number of fused-ring (bicyclic) bond motifs is 3. The fourth-order valence-corrected chi connectivity index (χ4v) is 3.40. The predicted molar refractivity (Wildman–Crippen MR) is 90.5 cm³/mol. The van der Waals surface area contributed by atoms with Crippen LogP contribution in [0.2, 0.25) is 0 Å². The maximum atomic E-state index is 14.6. The molecule has 1 amide bonds. The molecule has 4 rings (SSSR count). The molecule has 1 aliphatic rings. The minimum Gasteiger partial charge on any atom is -0.497 e. The highest BCUT2D eigenvalue weighted by Gasteiger charge is 2.33. The van der Waals surface area contributed by atoms with Crippen LogP contribution in [0.4, 0.5) is 10.2 Å². The molecule has 1 aromatic carbocycles. The second kappa shape index (κ2) is 5.54. The molecule has 3 heterocycles. The van der Waals surface area contributed by atoms with Gasteiger partial charge in [-0.25, -0.2) is 13.9 Å². The Labute approximate surface area is 143 Å². The van der Waals surface area contributed by atoms with Gasteiger partial charge in [-0.3, -0.25) is 4.79 Å². The van der Waals surface area contributed by atoms with E-state index in [9.17, 15) is 9.18 Å². The van der Waals surface area contributed by atoms with Crippen molar-refractivity contribution in [2.75, 3.05) is 12.4 Å². The number of carbonyl (C=O) groups excluding carboxylic acids is 1. The first kappa shape index (κ1) is 15.6. The smallest absolute Gasteiger partial charge is 0.226 e. The first-order chi connectivity index (χ1) is 12.0. The summed E-state index contributed by atoms with van der Waals surface area (Å²) in [4.78, 5) is 16.7. The van der Waals surface area contributed by atoms with Gasteiger partial charge in [0, 0.05) is 35.4 Å². The van der Waals surface area contributed by atoms with Crippen LogP contribution in [0.5, 0.6) is 5.75 Å². The molecule has 3 aromatic rings. The molecule has 0 saturated heterocycles. The molecule has 128 valence electrons. The monoisotopic (exact) mass is 340 g/mol. The van der Waals surface area contributed by atoms with E-state index in [1.807, 2.05) is 19.9 Å². The summed E-state index contributed by atoms with van der Waals surface area (Å²) in [6.07, 6.45) is 0.145. The lowest BCUT2D eigenvalue weighted by molar-refractivity contribution is -0.116. The Kier molecular flexibility index (Phi) is 3.45. The number of ether oxygens (including phenoxy) is 1. The van der Waals surface area contributed by atoms with Gasteiger partial charge in [-0.2, -0.15) is 0 Å². The van der Waals surface area contributed by atoms with Crippen molar-refractivity contribution < 1.29 is 13.9 Å². The van der Waals surface area contributed by atoms with Crippen molar-refractivity contribution in [3.8, 4) is 5.75 Å². The zero-order valence-corrected chi connectivity index (χ0v) is 14.1. The highest BCUT2D eigenvalue weighted by atomic mass is 19.1. The average Bonchev–Trinajstić information content (AvgIpc) is 2.92. The summed E-state index contributed by atoms with van der Waals surface area (Å²) in [6, 6.07) is 6.60. The maximum absolute atomic E-state index is 14.6. The van der Waals surface area contributed by atoms with E-state index in [4.69, 9.17) is 4.74 Å². The molecule has 1 N–H and O–H groups in total. The van der Waals surface area contributed by atoms with Gasteiger partial charge in [0.05, 0.1) is 7.11 Å². The standard InChI is InChI=1S/C18H17FN4O2/c1-9-6-10(2)23-18(20-9)16-13(8-15(24)21-17(16)22-23)12-5-4-11(25-3)7-14(12)19/h4-7,13H,8H2,1-3H3,(H,21,22,24). The summed E-state index contributed by atoms with van der Waals surface area (Å²) in [7, 11) is 1.49. The lowest BCUT2D eigenvalue weighted by atomic mass is 9.86. The Hall–Kier alpha value is -2.96. The molecule has 1 aliphatic heterocycles. The largest absolute Gasteiger partial charge is 0.497 e. The fourth-order valence-electron chi connectivity index (χ4n) is 3.40. The highest BCUT2D eigenvalue weighted by Crippen LogP contribution is 2.40. The number of carbonyl (C=O) groups is 1. The Morgan fingerprint density at radius 1 is 1.32 bits per heavy atom. The summed E-state index contributed by atoms with van der Waals surface area (Å²) in [5, 5.41) is 7.24. The molecular weight excluding hydrogens is 323 g/mol. The van der Waals surface area contributed by atoms with Gasteiger partial charge in [-0.1, -0.05) is 6.07 Å². The summed E-state index contributed by atoms with van der Waals surface area (Å²) in [5.41, 5.74) is 3.58. The lowest BCUT2D eigenvalue weighted by Crippen LogP contribution is -2.23. The lowest BCUT2D eigenvalue weighted by Gasteiger charge is -2.22. The number of nitrogens with one attached hydrogen (secondary N) is 1. The Bertz CT molecular complexity index is 1010. The van der Waals surface area contributed by atoms with Gasteiger partial charge < -0.3 is 10.1 Å². The first-order valence-electron chi connectivity index (χ1n) is 7.98. The number of aromatic nitrogens is 3. The van der Waals surface area contributed by atoms with E-state index in [2.05, 4.69) is 15.4 Å². The molecule has 0 spiro atoms. The molecule has 0 saturated carbocycles. The predicted octanol–water partition coefficient (Wildman–Crippen LogP) is 2.97. The quantitative estimate of drug-likeness (QED) is 0.779. The van der Waals surface area contributed by atoms with Gasteiger partial charge in [0.25, 0.3) is 0 Å². The van der Waals surface area contributed by atoms with Gasteiger partial charge in [-0.05, 0) is 31.5 Å². The number of hydrogen-bond acceptors (Lipinski definition) is 4. The van der Waals surface area contributed by atoms with Gasteiger partial charge in [-0.15, -0.1) is 5.10 Å². The van der Waals surface area contributed by atoms with Crippen LogP contribution in [0.15, 0.2) is 24.3 Å². The van der Waals surface area contributed by atoms with Gasteiger partial charge >= 0.3 is 0 Å². The minimum atomic E-state index is -0.444. The molecule has 0 bridgehead atoms. The number of halogens is 1. The van der Waals surface area contributed by atoms with E-state index in [0.29, 0.717) is 22.8 Å². The van der Waals surface area contributed by atoms with Crippen LogP contribution >= 0.6 is 0 Å². The number of anilines is 1. The fraction of sp³-hybridized carbons (Fsp3) is 0.278. The first-order valence-corrected chi connectivity index (χ1v) is 7.98. The van der Waals surface area contributed by atoms with Crippen LogP contribution in [0.25, 0.3) is 5.65 Å². The van der Waals surface area contributed by atoms with Gasteiger partial charge in [0.1, 0.15) is 11.6 Å². The number of benzene rings is 1. The summed E-state index contributed by atoms with van der Waals surface area (Å²) < 4.78 is 21.4. The number of amides is 1. The number of hydrogen-bond donors (Lipinski definition) is 1. The summed E-state index contributed by atoms with van der Waals surface area (Å²) in [6.45, 7) is 3.82. The Morgan fingerprint density at radius 3 is 2.84 bits per heavy atom. The third-order valence-corrected chi connectivity index (χ3v) is 4.51. The second-order valence-corrected chi connectivity index (χ2v) is 6.23. The minimum absolute atomic E-state index is 0.145. The topological polar surface area (TPSA) is 68.5 Å². The molecule has 0 fully saturated rings. The van der Waals surface area contributed by atoms with E-state index < -0.39 is 11.7 Å². The Balaban J connectivity index is 1.96. The van der Waals surface area contributed by atoms with Crippen LogP contribution in [0.3, 0.4) is 0 Å². The van der Waals surface area contributed by atoms with Crippen LogP contribution in [0, 0.1) is 19.7 Å². The van der Waals surface area contributed by atoms with Crippen molar-refractivity contribution in [2.45, 2.75) is 26.2 Å². The number of rotatable bonds is 2. The number of nitrogens with zero attached hydrogens (tertiary/aromatic N) is 3. The van der Waals surface area contributed by atoms with Crippen molar-refractivity contribution in [3.63, 3.8) is 0 Å². The normalized spacial score (nSPS) is 16.6. The summed E-state index contributed by atoms with van der Waals surface area (Å²) in [5.74, 6) is -0.163. The van der Waals surface area contributed by atoms with E-state index in [1.54, 1.807) is 16.6 Å². The van der Waals surface area contributed by atoms with Gasteiger partial charge in [0.15, 0.2) is 11.5 Å². The number of aryl methyl sites for hydroxylation is 2. The zero-order chi connectivity index (χ0) is 17.7. The van der Waals surface area contributed by atoms with E-state index in [1.165, 1.54) is 13.2 Å². The number of methoxy groups -OCH3 is 1. The molecule has 1 unspecified atom stereocenters.